The van der Waals surface area contributed by atoms with Crippen molar-refractivity contribution in [2.75, 3.05) is 25.5 Å². The molecule has 2 aromatic carbocycles. The van der Waals surface area contributed by atoms with E-state index in [1.807, 2.05) is 11.8 Å². The molecule has 2 aromatic rings. The minimum Gasteiger partial charge on any atom is -0.381 e. The lowest BCUT2D eigenvalue weighted by atomic mass is 9.90. The van der Waals surface area contributed by atoms with Crippen LogP contribution in [0.5, 0.6) is 0 Å². The lowest BCUT2D eigenvalue weighted by molar-refractivity contribution is -0.129. The van der Waals surface area contributed by atoms with Gasteiger partial charge in [-0.25, -0.2) is 0 Å². The van der Waals surface area contributed by atoms with Crippen LogP contribution < -0.4 is 11.1 Å². The maximum absolute atomic E-state index is 12.2. The van der Waals surface area contributed by atoms with Crippen LogP contribution in [0.3, 0.4) is 0 Å². The summed E-state index contributed by atoms with van der Waals surface area (Å²) in [6.45, 7) is 1.79. The summed E-state index contributed by atoms with van der Waals surface area (Å²) in [5.74, 6) is 1.77. The van der Waals surface area contributed by atoms with E-state index in [0.717, 1.165) is 11.5 Å². The second-order valence-electron chi connectivity index (χ2n) is 6.22. The molecule has 1 aliphatic rings. The topological polar surface area (TPSA) is 64.4 Å². The SMILES string of the molecule is Cl.NC1(C(=O)NCCSCc2cccc3ccccc23)CCOCC1. The molecule has 0 aliphatic carbocycles. The summed E-state index contributed by atoms with van der Waals surface area (Å²) in [7, 11) is 0. The molecule has 3 N–H and O–H groups in total. The number of rotatable bonds is 6. The second-order valence-corrected chi connectivity index (χ2v) is 7.32. The van der Waals surface area contributed by atoms with Crippen LogP contribution in [-0.2, 0) is 15.3 Å². The van der Waals surface area contributed by atoms with E-state index >= 15 is 0 Å². The number of benzene rings is 2. The third-order valence-electron chi connectivity index (χ3n) is 4.51. The number of ether oxygens (including phenoxy) is 1. The highest BCUT2D eigenvalue weighted by atomic mass is 35.5. The lowest BCUT2D eigenvalue weighted by Gasteiger charge is -2.31. The van der Waals surface area contributed by atoms with E-state index in [0.29, 0.717) is 32.6 Å². The van der Waals surface area contributed by atoms with Gasteiger partial charge in [-0.2, -0.15) is 11.8 Å². The van der Waals surface area contributed by atoms with Crippen molar-refractivity contribution in [3.05, 3.63) is 48.0 Å². The minimum absolute atomic E-state index is 0. The van der Waals surface area contributed by atoms with Crippen molar-refractivity contribution in [3.8, 4) is 0 Å². The Morgan fingerprint density at radius 3 is 2.68 bits per heavy atom. The lowest BCUT2D eigenvalue weighted by Crippen LogP contribution is -2.57. The number of nitrogens with one attached hydrogen (secondary N) is 1. The first-order chi connectivity index (χ1) is 11.7. The van der Waals surface area contributed by atoms with Crippen LogP contribution in [0.15, 0.2) is 42.5 Å². The van der Waals surface area contributed by atoms with E-state index in [4.69, 9.17) is 10.5 Å². The molecule has 25 heavy (non-hydrogen) atoms. The van der Waals surface area contributed by atoms with Gasteiger partial charge in [0.1, 0.15) is 0 Å². The Balaban J connectivity index is 0.00000225. The number of fused-ring (bicyclic) bond motifs is 1. The molecule has 0 radical (unpaired) electrons. The van der Waals surface area contributed by atoms with Gasteiger partial charge in [-0.15, -0.1) is 12.4 Å². The van der Waals surface area contributed by atoms with E-state index in [9.17, 15) is 4.79 Å². The molecule has 1 heterocycles. The number of hydrogen-bond acceptors (Lipinski definition) is 4. The third-order valence-corrected chi connectivity index (χ3v) is 5.51. The molecule has 6 heteroatoms. The Kier molecular flexibility index (Phi) is 7.56. The van der Waals surface area contributed by atoms with Gasteiger partial charge in [0.05, 0.1) is 5.54 Å². The van der Waals surface area contributed by atoms with Gasteiger partial charge in [0.2, 0.25) is 5.91 Å². The van der Waals surface area contributed by atoms with Crippen molar-refractivity contribution in [1.29, 1.82) is 0 Å². The van der Waals surface area contributed by atoms with Crippen molar-refractivity contribution in [2.24, 2.45) is 5.73 Å². The number of nitrogens with two attached hydrogens (primary N) is 1. The summed E-state index contributed by atoms with van der Waals surface area (Å²) in [5.41, 5.74) is 6.76. The van der Waals surface area contributed by atoms with Crippen molar-refractivity contribution in [1.82, 2.24) is 5.32 Å². The molecule has 136 valence electrons. The van der Waals surface area contributed by atoms with Crippen molar-refractivity contribution in [3.63, 3.8) is 0 Å². The molecule has 1 amide bonds. The van der Waals surface area contributed by atoms with Gasteiger partial charge < -0.3 is 15.8 Å². The zero-order valence-corrected chi connectivity index (χ0v) is 15.8. The monoisotopic (exact) mass is 380 g/mol. The van der Waals surface area contributed by atoms with Crippen LogP contribution in [0.25, 0.3) is 10.8 Å². The summed E-state index contributed by atoms with van der Waals surface area (Å²) < 4.78 is 5.28. The predicted molar refractivity (Wildman–Crippen MR) is 107 cm³/mol. The first-order valence-electron chi connectivity index (χ1n) is 8.38. The van der Waals surface area contributed by atoms with E-state index in [1.54, 1.807) is 0 Å². The highest BCUT2D eigenvalue weighted by molar-refractivity contribution is 7.98. The van der Waals surface area contributed by atoms with E-state index in [2.05, 4.69) is 47.8 Å². The number of carbonyl (C=O) groups is 1. The summed E-state index contributed by atoms with van der Waals surface area (Å²) in [4.78, 5) is 12.2. The average molecular weight is 381 g/mol. The Morgan fingerprint density at radius 1 is 1.16 bits per heavy atom. The Hall–Kier alpha value is -1.27. The molecule has 0 spiro atoms. The number of thioether (sulfide) groups is 1. The van der Waals surface area contributed by atoms with Gasteiger partial charge in [0.25, 0.3) is 0 Å². The van der Waals surface area contributed by atoms with Gasteiger partial charge in [-0.3, -0.25) is 4.79 Å². The van der Waals surface area contributed by atoms with Gasteiger partial charge in [-0.05, 0) is 29.2 Å². The van der Waals surface area contributed by atoms with Crippen LogP contribution in [-0.4, -0.2) is 37.0 Å². The molecule has 0 bridgehead atoms. The summed E-state index contributed by atoms with van der Waals surface area (Å²) in [6.07, 6.45) is 1.20. The molecular weight excluding hydrogens is 356 g/mol. The van der Waals surface area contributed by atoms with Crippen LogP contribution in [0.4, 0.5) is 0 Å². The normalized spacial score (nSPS) is 16.2. The van der Waals surface area contributed by atoms with Gasteiger partial charge in [-0.1, -0.05) is 42.5 Å². The molecule has 1 aliphatic heterocycles. The first kappa shape index (κ1) is 20.0. The smallest absolute Gasteiger partial charge is 0.240 e. The molecule has 0 saturated carbocycles. The highest BCUT2D eigenvalue weighted by Crippen LogP contribution is 2.22. The molecule has 0 aromatic heterocycles. The van der Waals surface area contributed by atoms with Crippen molar-refractivity contribution in [2.45, 2.75) is 24.1 Å². The molecule has 0 unspecified atom stereocenters. The maximum atomic E-state index is 12.2. The molecule has 1 fully saturated rings. The van der Waals surface area contributed by atoms with Crippen LogP contribution >= 0.6 is 24.2 Å². The van der Waals surface area contributed by atoms with E-state index < -0.39 is 5.54 Å². The summed E-state index contributed by atoms with van der Waals surface area (Å²) in [6, 6.07) is 14.8. The summed E-state index contributed by atoms with van der Waals surface area (Å²) in [5, 5.41) is 5.55. The Bertz CT molecular complexity index is 699. The van der Waals surface area contributed by atoms with Gasteiger partial charge in [0, 0.05) is 31.3 Å². The minimum atomic E-state index is -0.751. The maximum Gasteiger partial charge on any atom is 0.240 e. The molecule has 1 saturated heterocycles. The fraction of sp³-hybridized carbons (Fsp3) is 0.421. The highest BCUT2D eigenvalue weighted by Gasteiger charge is 2.35. The largest absolute Gasteiger partial charge is 0.381 e. The number of hydrogen-bond donors (Lipinski definition) is 2. The van der Waals surface area contributed by atoms with Crippen LogP contribution in [0.1, 0.15) is 18.4 Å². The molecule has 3 rings (SSSR count). The standard InChI is InChI=1S/C19H24N2O2S.ClH/c20-19(8-11-23-12-9-19)18(22)21-10-13-24-14-16-6-3-5-15-4-1-2-7-17(15)16;/h1-7H,8-14,20H2,(H,21,22);1H. The predicted octanol–water partition coefficient (Wildman–Crippen LogP) is 3.12. The zero-order chi connectivity index (χ0) is 16.8. The third kappa shape index (κ3) is 5.11. The molecular formula is C19H25ClN2O2S. The van der Waals surface area contributed by atoms with E-state index in [-0.39, 0.29) is 18.3 Å². The first-order valence-corrected chi connectivity index (χ1v) is 9.54. The zero-order valence-electron chi connectivity index (χ0n) is 14.2. The Labute approximate surface area is 159 Å². The molecule has 4 nitrogen and oxygen atoms in total. The summed E-state index contributed by atoms with van der Waals surface area (Å²) >= 11 is 1.83. The number of amides is 1. The van der Waals surface area contributed by atoms with Crippen LogP contribution in [0, 0.1) is 0 Å². The quantitative estimate of drug-likeness (QED) is 0.756. The number of carbonyl (C=O) groups excluding carboxylic acids is 1. The van der Waals surface area contributed by atoms with Gasteiger partial charge >= 0.3 is 0 Å². The van der Waals surface area contributed by atoms with E-state index in [1.165, 1.54) is 16.3 Å². The fourth-order valence-corrected chi connectivity index (χ4v) is 3.84. The Morgan fingerprint density at radius 2 is 1.88 bits per heavy atom. The van der Waals surface area contributed by atoms with Crippen LogP contribution in [0.2, 0.25) is 0 Å². The number of halogens is 1. The van der Waals surface area contributed by atoms with Crippen molar-refractivity contribution < 1.29 is 9.53 Å². The average Bonchev–Trinajstić information content (AvgIpc) is 2.62. The van der Waals surface area contributed by atoms with Crippen molar-refractivity contribution >= 4 is 40.8 Å². The fourth-order valence-electron chi connectivity index (χ4n) is 2.98. The molecule has 0 atom stereocenters. The second kappa shape index (κ2) is 9.43. The van der Waals surface area contributed by atoms with Gasteiger partial charge in [0.15, 0.2) is 0 Å².